The molecule has 3 nitrogen and oxygen atoms in total. The number of nitrogens with zero attached hydrogens (tertiary/aromatic N) is 1. The lowest BCUT2D eigenvalue weighted by molar-refractivity contribution is 0.372. The van der Waals surface area contributed by atoms with Crippen LogP contribution < -0.4 is 0 Å². The smallest absolute Gasteiger partial charge is 0.198 e. The summed E-state index contributed by atoms with van der Waals surface area (Å²) in [6.07, 6.45) is 6.43. The molecule has 0 radical (unpaired) electrons. The molecule has 0 spiro atoms. The molecule has 1 saturated carbocycles. The molecule has 2 aromatic carbocycles. The van der Waals surface area contributed by atoms with Crippen molar-refractivity contribution in [2.75, 3.05) is 0 Å². The molecule has 1 heterocycles. The van der Waals surface area contributed by atoms with Crippen LogP contribution in [0.4, 0.5) is 0 Å². The molecule has 3 aromatic rings. The molecule has 210 valence electrons. The number of oxazole rings is 1. The molecule has 0 bridgehead atoms. The normalized spacial score (nSPS) is 15.9. The zero-order valence-corrected chi connectivity index (χ0v) is 26.3. The Balaban J connectivity index is 0.000000232. The van der Waals surface area contributed by atoms with Gasteiger partial charge in [-0.3, -0.25) is 0 Å². The van der Waals surface area contributed by atoms with Crippen molar-refractivity contribution in [3.8, 4) is 5.75 Å². The van der Waals surface area contributed by atoms with Crippen LogP contribution in [0.3, 0.4) is 0 Å². The van der Waals surface area contributed by atoms with E-state index >= 15 is 0 Å². The minimum atomic E-state index is 0.0584. The second-order valence-electron chi connectivity index (χ2n) is 15.5. The summed E-state index contributed by atoms with van der Waals surface area (Å²) in [5.41, 5.74) is 7.40. The van der Waals surface area contributed by atoms with Gasteiger partial charge in [-0.15, -0.1) is 0 Å². The van der Waals surface area contributed by atoms with Crippen molar-refractivity contribution < 1.29 is 9.52 Å². The van der Waals surface area contributed by atoms with Crippen LogP contribution in [-0.2, 0) is 21.7 Å². The van der Waals surface area contributed by atoms with E-state index in [0.717, 1.165) is 17.0 Å². The van der Waals surface area contributed by atoms with Crippen molar-refractivity contribution in [3.63, 3.8) is 0 Å². The van der Waals surface area contributed by atoms with Crippen molar-refractivity contribution in [2.24, 2.45) is 0 Å². The van der Waals surface area contributed by atoms with Crippen LogP contribution in [0.2, 0.25) is 0 Å². The molecular formula is C35H53NO2. The predicted octanol–water partition coefficient (Wildman–Crippen LogP) is 10.5. The molecule has 1 aliphatic rings. The highest BCUT2D eigenvalue weighted by Crippen LogP contribution is 2.39. The molecule has 38 heavy (non-hydrogen) atoms. The molecule has 4 rings (SSSR count). The van der Waals surface area contributed by atoms with E-state index in [1.807, 2.05) is 12.1 Å². The van der Waals surface area contributed by atoms with Crippen LogP contribution >= 0.6 is 0 Å². The number of fused-ring (bicyclic) bond motifs is 1. The molecule has 3 heteroatoms. The van der Waals surface area contributed by atoms with Gasteiger partial charge in [0.15, 0.2) is 11.5 Å². The molecule has 0 amide bonds. The quantitative estimate of drug-likeness (QED) is 0.348. The average Bonchev–Trinajstić information content (AvgIpc) is 3.21. The molecule has 1 N–H and O–H groups in total. The van der Waals surface area contributed by atoms with Gasteiger partial charge >= 0.3 is 0 Å². The summed E-state index contributed by atoms with van der Waals surface area (Å²) < 4.78 is 6.32. The zero-order valence-electron chi connectivity index (χ0n) is 26.3. The Kier molecular flexibility index (Phi) is 8.52. The van der Waals surface area contributed by atoms with Crippen molar-refractivity contribution in [2.45, 2.75) is 143 Å². The summed E-state index contributed by atoms with van der Waals surface area (Å²) in [5, 5.41) is 9.72. The Morgan fingerprint density at radius 3 is 1.55 bits per heavy atom. The fraction of sp³-hybridized carbons (Fsp3) is 0.629. The van der Waals surface area contributed by atoms with Crippen molar-refractivity contribution in [1.29, 1.82) is 0 Å². The van der Waals surface area contributed by atoms with E-state index in [0.29, 0.717) is 11.7 Å². The van der Waals surface area contributed by atoms with Gasteiger partial charge < -0.3 is 9.52 Å². The van der Waals surface area contributed by atoms with Crippen LogP contribution in [0.5, 0.6) is 5.75 Å². The maximum absolute atomic E-state index is 9.72. The monoisotopic (exact) mass is 519 g/mol. The van der Waals surface area contributed by atoms with E-state index in [1.54, 1.807) is 0 Å². The fourth-order valence-electron chi connectivity index (χ4n) is 5.04. The first-order valence-corrected chi connectivity index (χ1v) is 14.6. The Morgan fingerprint density at radius 2 is 1.11 bits per heavy atom. The number of phenols is 1. The predicted molar refractivity (Wildman–Crippen MR) is 163 cm³/mol. The number of rotatable bonds is 1. The highest BCUT2D eigenvalue weighted by Gasteiger charge is 2.27. The topological polar surface area (TPSA) is 46.3 Å². The molecule has 0 aliphatic heterocycles. The van der Waals surface area contributed by atoms with Gasteiger partial charge in [-0.1, -0.05) is 114 Å². The Hall–Kier alpha value is -2.29. The summed E-state index contributed by atoms with van der Waals surface area (Å²) in [6.45, 7) is 26.5. The van der Waals surface area contributed by atoms with Crippen molar-refractivity contribution in [1.82, 2.24) is 4.98 Å². The molecule has 1 aliphatic carbocycles. The molecular weight excluding hydrogens is 466 g/mol. The lowest BCUT2D eigenvalue weighted by Crippen LogP contribution is -2.16. The third-order valence-electron chi connectivity index (χ3n) is 7.78. The highest BCUT2D eigenvalue weighted by atomic mass is 16.3. The van der Waals surface area contributed by atoms with Gasteiger partial charge in [0.1, 0.15) is 11.3 Å². The fourth-order valence-corrected chi connectivity index (χ4v) is 5.04. The number of phenolic OH excluding ortho intramolecular Hbond substituents is 1. The average molecular weight is 520 g/mol. The minimum absolute atomic E-state index is 0.0584. The van der Waals surface area contributed by atoms with Crippen LogP contribution in [0, 0.1) is 0 Å². The maximum Gasteiger partial charge on any atom is 0.198 e. The number of hydrogen-bond donors (Lipinski definition) is 1. The van der Waals surface area contributed by atoms with E-state index in [1.165, 1.54) is 54.4 Å². The third-order valence-corrected chi connectivity index (χ3v) is 7.78. The number of benzene rings is 2. The zero-order chi connectivity index (χ0) is 28.7. The van der Waals surface area contributed by atoms with Gasteiger partial charge in [0.05, 0.1) is 0 Å². The number of hydrogen-bond acceptors (Lipinski definition) is 3. The Bertz CT molecular complexity index is 1200. The second kappa shape index (κ2) is 10.7. The largest absolute Gasteiger partial charge is 0.508 e. The van der Waals surface area contributed by atoms with E-state index in [4.69, 9.17) is 9.40 Å². The molecule has 1 fully saturated rings. The van der Waals surface area contributed by atoms with Crippen LogP contribution in [-0.4, -0.2) is 10.1 Å². The SMILES string of the molecule is CC(C)(C)c1cc(C(C)(C)C)c2oc(C3CCCCC3)nc2c1.CC(C)(C)c1cc(O)cc(C(C)(C)C)c1. The summed E-state index contributed by atoms with van der Waals surface area (Å²) in [6, 6.07) is 10.5. The number of aromatic hydroxyl groups is 1. The highest BCUT2D eigenvalue weighted by molar-refractivity contribution is 5.79. The van der Waals surface area contributed by atoms with Gasteiger partial charge in [-0.05, 0) is 69.4 Å². The second-order valence-corrected chi connectivity index (χ2v) is 15.5. The van der Waals surface area contributed by atoms with Gasteiger partial charge in [0, 0.05) is 11.5 Å². The summed E-state index contributed by atoms with van der Waals surface area (Å²) >= 11 is 0. The summed E-state index contributed by atoms with van der Waals surface area (Å²) in [4.78, 5) is 4.92. The lowest BCUT2D eigenvalue weighted by Gasteiger charge is -2.25. The van der Waals surface area contributed by atoms with Gasteiger partial charge in [-0.25, -0.2) is 4.98 Å². The molecule has 0 saturated heterocycles. The first-order chi connectivity index (χ1) is 17.3. The molecule has 1 aromatic heterocycles. The van der Waals surface area contributed by atoms with E-state index in [-0.39, 0.29) is 21.7 Å². The Morgan fingerprint density at radius 1 is 0.632 bits per heavy atom. The van der Waals surface area contributed by atoms with Gasteiger partial charge in [0.2, 0.25) is 0 Å². The van der Waals surface area contributed by atoms with Gasteiger partial charge in [-0.2, -0.15) is 0 Å². The van der Waals surface area contributed by atoms with Crippen LogP contribution in [0.25, 0.3) is 11.1 Å². The lowest BCUT2D eigenvalue weighted by atomic mass is 9.80. The third kappa shape index (κ3) is 7.42. The summed E-state index contributed by atoms with van der Waals surface area (Å²) in [7, 11) is 0. The molecule has 0 unspecified atom stereocenters. The van der Waals surface area contributed by atoms with E-state index < -0.39 is 0 Å². The van der Waals surface area contributed by atoms with Crippen LogP contribution in [0.1, 0.15) is 149 Å². The maximum atomic E-state index is 9.72. The Labute approximate surface area is 232 Å². The van der Waals surface area contributed by atoms with Crippen molar-refractivity contribution >= 4 is 11.1 Å². The van der Waals surface area contributed by atoms with E-state index in [2.05, 4.69) is 101 Å². The molecule has 0 atom stereocenters. The number of aromatic nitrogens is 1. The summed E-state index contributed by atoms with van der Waals surface area (Å²) in [5.74, 6) is 1.85. The minimum Gasteiger partial charge on any atom is -0.508 e. The van der Waals surface area contributed by atoms with Crippen LogP contribution in [0.15, 0.2) is 34.7 Å². The first-order valence-electron chi connectivity index (χ1n) is 14.6. The first kappa shape index (κ1) is 30.3. The van der Waals surface area contributed by atoms with Gasteiger partial charge in [0.25, 0.3) is 0 Å². The standard InChI is InChI=1S/C21H31NO.C14H22O/c1-20(2,3)15-12-16(21(4,5)6)18-17(13-15)22-19(23-18)14-10-8-7-9-11-14;1-13(2,3)10-7-11(14(4,5)6)9-12(15)8-10/h12-14H,7-11H2,1-6H3;7-9,15H,1-6H3. The van der Waals surface area contributed by atoms with Crippen molar-refractivity contribution in [3.05, 3.63) is 58.5 Å². The van der Waals surface area contributed by atoms with E-state index in [9.17, 15) is 5.11 Å².